The first-order chi connectivity index (χ1) is 11.2. The summed E-state index contributed by atoms with van der Waals surface area (Å²) in [5.41, 5.74) is 5.86. The number of benzene rings is 1. The van der Waals surface area contributed by atoms with Gasteiger partial charge in [0, 0.05) is 30.3 Å². The number of carboxylic acid groups (broad SMARTS) is 2. The van der Waals surface area contributed by atoms with Crippen molar-refractivity contribution in [3.8, 4) is 0 Å². The normalized spacial score (nSPS) is 9.83. The van der Waals surface area contributed by atoms with Crippen molar-refractivity contribution in [2.45, 2.75) is 0 Å². The highest BCUT2D eigenvalue weighted by Crippen LogP contribution is 2.33. The lowest BCUT2D eigenvalue weighted by Gasteiger charge is -2.12. The Morgan fingerprint density at radius 3 is 1.96 bits per heavy atom. The van der Waals surface area contributed by atoms with Gasteiger partial charge in [0.25, 0.3) is 0 Å². The van der Waals surface area contributed by atoms with Crippen LogP contribution in [0.2, 0.25) is 15.1 Å². The van der Waals surface area contributed by atoms with Crippen LogP contribution in [0.3, 0.4) is 0 Å². The SMILES string of the molecule is NCCNC(=S)Nc1c(Cl)cc(Cl)cc1Cl.O=C(O)/C=C\C(=O)O. The fourth-order valence-corrected chi connectivity index (χ4v) is 2.26. The number of thiocarbonyl (C=S) groups is 1. The molecule has 0 unspecified atom stereocenters. The zero-order valence-corrected chi connectivity index (χ0v) is 15.1. The maximum atomic E-state index is 9.55. The van der Waals surface area contributed by atoms with Crippen LogP contribution in [0.15, 0.2) is 24.3 Å². The molecule has 0 aromatic heterocycles. The molecule has 0 fully saturated rings. The maximum absolute atomic E-state index is 9.55. The van der Waals surface area contributed by atoms with Crippen molar-refractivity contribution in [3.05, 3.63) is 39.4 Å². The van der Waals surface area contributed by atoms with Crippen LogP contribution in [0.4, 0.5) is 5.69 Å². The van der Waals surface area contributed by atoms with E-state index in [-0.39, 0.29) is 0 Å². The topological polar surface area (TPSA) is 125 Å². The van der Waals surface area contributed by atoms with Crippen LogP contribution in [0.1, 0.15) is 0 Å². The minimum Gasteiger partial charge on any atom is -0.478 e. The van der Waals surface area contributed by atoms with E-state index in [4.69, 9.17) is 63.0 Å². The van der Waals surface area contributed by atoms with Crippen molar-refractivity contribution in [2.24, 2.45) is 5.73 Å². The van der Waals surface area contributed by atoms with Crippen molar-refractivity contribution in [2.75, 3.05) is 18.4 Å². The highest BCUT2D eigenvalue weighted by atomic mass is 35.5. The summed E-state index contributed by atoms with van der Waals surface area (Å²) in [7, 11) is 0. The molecule has 1 rings (SSSR count). The average Bonchev–Trinajstić information content (AvgIpc) is 2.47. The average molecular weight is 415 g/mol. The van der Waals surface area contributed by atoms with Crippen molar-refractivity contribution < 1.29 is 19.8 Å². The highest BCUT2D eigenvalue weighted by molar-refractivity contribution is 7.80. The summed E-state index contributed by atoms with van der Waals surface area (Å²) in [6.45, 7) is 1.07. The highest BCUT2D eigenvalue weighted by Gasteiger charge is 2.08. The molecular weight excluding hydrogens is 401 g/mol. The van der Waals surface area contributed by atoms with E-state index in [0.717, 1.165) is 0 Å². The Labute approximate surface area is 158 Å². The van der Waals surface area contributed by atoms with Gasteiger partial charge >= 0.3 is 11.9 Å². The van der Waals surface area contributed by atoms with E-state index in [0.29, 0.717) is 51.1 Å². The van der Waals surface area contributed by atoms with Crippen LogP contribution < -0.4 is 16.4 Å². The van der Waals surface area contributed by atoms with Gasteiger partial charge in [-0.3, -0.25) is 0 Å². The zero-order valence-electron chi connectivity index (χ0n) is 12.1. The molecular formula is C13H14Cl3N3O4S. The summed E-state index contributed by atoms with van der Waals surface area (Å²) in [4.78, 5) is 19.1. The van der Waals surface area contributed by atoms with Crippen molar-refractivity contribution >= 4 is 69.8 Å². The molecule has 0 bridgehead atoms. The molecule has 0 saturated carbocycles. The molecule has 1 aromatic carbocycles. The molecule has 0 radical (unpaired) electrons. The van der Waals surface area contributed by atoms with Gasteiger partial charge in [0.05, 0.1) is 15.7 Å². The minimum absolute atomic E-state index is 0.411. The van der Waals surface area contributed by atoms with E-state index in [1.54, 1.807) is 12.1 Å². The lowest BCUT2D eigenvalue weighted by molar-refractivity contribution is -0.134. The van der Waals surface area contributed by atoms with Gasteiger partial charge in [0.1, 0.15) is 0 Å². The monoisotopic (exact) mass is 413 g/mol. The summed E-state index contributed by atoms with van der Waals surface area (Å²) >= 11 is 22.7. The number of halogens is 3. The number of nitrogens with one attached hydrogen (secondary N) is 2. The van der Waals surface area contributed by atoms with Gasteiger partial charge in [-0.1, -0.05) is 34.8 Å². The van der Waals surface area contributed by atoms with Crippen LogP contribution in [-0.2, 0) is 9.59 Å². The lowest BCUT2D eigenvalue weighted by Crippen LogP contribution is -2.32. The second kappa shape index (κ2) is 11.9. The first-order valence-corrected chi connectivity index (χ1v) is 7.75. The molecule has 0 aliphatic carbocycles. The molecule has 11 heteroatoms. The fraction of sp³-hybridized carbons (Fsp3) is 0.154. The summed E-state index contributed by atoms with van der Waals surface area (Å²) < 4.78 is 0. The first-order valence-electron chi connectivity index (χ1n) is 6.20. The Balaban J connectivity index is 0.000000561. The lowest BCUT2D eigenvalue weighted by atomic mass is 10.3. The second-order valence-electron chi connectivity index (χ2n) is 3.92. The van der Waals surface area contributed by atoms with Gasteiger partial charge in [0.15, 0.2) is 5.11 Å². The molecule has 0 spiro atoms. The van der Waals surface area contributed by atoms with E-state index in [2.05, 4.69) is 10.6 Å². The summed E-state index contributed by atoms with van der Waals surface area (Å²) in [6, 6.07) is 3.17. The van der Waals surface area contributed by atoms with Gasteiger partial charge in [-0.25, -0.2) is 9.59 Å². The van der Waals surface area contributed by atoms with Crippen LogP contribution >= 0.6 is 47.0 Å². The molecule has 0 atom stereocenters. The number of hydrogen-bond donors (Lipinski definition) is 5. The van der Waals surface area contributed by atoms with Crippen LogP contribution in [0, 0.1) is 0 Å². The Morgan fingerprint density at radius 2 is 1.58 bits per heavy atom. The van der Waals surface area contributed by atoms with Crippen molar-refractivity contribution in [3.63, 3.8) is 0 Å². The molecule has 0 aliphatic heterocycles. The van der Waals surface area contributed by atoms with E-state index >= 15 is 0 Å². The van der Waals surface area contributed by atoms with E-state index in [1.165, 1.54) is 0 Å². The number of carbonyl (C=O) groups is 2. The summed E-state index contributed by atoms with van der Waals surface area (Å²) in [6.07, 6.45) is 1.12. The van der Waals surface area contributed by atoms with Gasteiger partial charge in [-0.15, -0.1) is 0 Å². The predicted molar refractivity (Wildman–Crippen MR) is 99.2 cm³/mol. The van der Waals surface area contributed by atoms with E-state index in [9.17, 15) is 9.59 Å². The summed E-state index contributed by atoms with van der Waals surface area (Å²) in [5.74, 6) is -2.51. The molecule has 24 heavy (non-hydrogen) atoms. The quantitative estimate of drug-likeness (QED) is 0.368. The number of carboxylic acids is 2. The smallest absolute Gasteiger partial charge is 0.328 e. The Hall–Kier alpha value is -1.58. The van der Waals surface area contributed by atoms with E-state index in [1.807, 2.05) is 0 Å². The zero-order chi connectivity index (χ0) is 18.7. The van der Waals surface area contributed by atoms with E-state index < -0.39 is 11.9 Å². The van der Waals surface area contributed by atoms with Gasteiger partial charge in [0.2, 0.25) is 0 Å². The number of hydrogen-bond acceptors (Lipinski definition) is 4. The number of anilines is 1. The van der Waals surface area contributed by atoms with Crippen molar-refractivity contribution in [1.82, 2.24) is 5.32 Å². The third kappa shape index (κ3) is 10.2. The van der Waals surface area contributed by atoms with Crippen LogP contribution in [0.25, 0.3) is 0 Å². The first kappa shape index (κ1) is 22.4. The third-order valence-electron chi connectivity index (χ3n) is 2.04. The molecule has 7 nitrogen and oxygen atoms in total. The van der Waals surface area contributed by atoms with Crippen LogP contribution in [-0.4, -0.2) is 40.4 Å². The molecule has 1 aromatic rings. The number of aliphatic carboxylic acids is 2. The standard InChI is InChI=1S/C9H10Cl3N3S.C4H4O4/c10-5-3-6(11)8(7(12)4-5)15-9(16)14-2-1-13;5-3(6)1-2-4(7)8/h3-4H,1-2,13H2,(H2,14,15,16);1-2H,(H,5,6)(H,7,8)/b;2-1-. The van der Waals surface area contributed by atoms with Gasteiger partial charge < -0.3 is 26.6 Å². The van der Waals surface area contributed by atoms with Gasteiger partial charge in [-0.2, -0.15) is 0 Å². The second-order valence-corrected chi connectivity index (χ2v) is 5.58. The number of nitrogens with two attached hydrogens (primary N) is 1. The maximum Gasteiger partial charge on any atom is 0.328 e. The Kier molecular flexibility index (Phi) is 11.1. The Morgan fingerprint density at radius 1 is 1.12 bits per heavy atom. The molecule has 0 saturated heterocycles. The molecule has 0 aliphatic rings. The fourth-order valence-electron chi connectivity index (χ4n) is 1.15. The Bertz CT molecular complexity index is 602. The van der Waals surface area contributed by atoms with Crippen LogP contribution in [0.5, 0.6) is 0 Å². The number of rotatable bonds is 5. The largest absolute Gasteiger partial charge is 0.478 e. The molecule has 6 N–H and O–H groups in total. The summed E-state index contributed by atoms with van der Waals surface area (Å²) in [5, 5.41) is 23.1. The van der Waals surface area contributed by atoms with Gasteiger partial charge in [-0.05, 0) is 24.4 Å². The van der Waals surface area contributed by atoms with Crippen molar-refractivity contribution in [1.29, 1.82) is 0 Å². The minimum atomic E-state index is -1.26. The molecule has 0 heterocycles. The molecule has 132 valence electrons. The third-order valence-corrected chi connectivity index (χ3v) is 3.10. The molecule has 0 amide bonds. The predicted octanol–water partition coefficient (Wildman–Crippen LogP) is 2.60.